The molecule has 0 radical (unpaired) electrons. The molecule has 0 aliphatic heterocycles. The molecule has 4 rings (SSSR count). The SMILES string of the molecule is COCc1ccc(C(Cc2c(F)c(F)cc(F)c2F)OC(=O)C(c2cnc(-c3ccccc3Cl)nc2)C(C)(C)C)cc1. The molecule has 10 heteroatoms. The first-order chi connectivity index (χ1) is 19.9. The third-order valence-electron chi connectivity index (χ3n) is 6.73. The van der Waals surface area contributed by atoms with Crippen LogP contribution < -0.4 is 0 Å². The highest BCUT2D eigenvalue weighted by Crippen LogP contribution is 2.38. The largest absolute Gasteiger partial charge is 0.457 e. The molecule has 3 aromatic carbocycles. The maximum absolute atomic E-state index is 14.7. The van der Waals surface area contributed by atoms with Crippen LogP contribution in [-0.2, 0) is 27.3 Å². The Morgan fingerprint density at radius 1 is 0.905 bits per heavy atom. The van der Waals surface area contributed by atoms with Crippen molar-refractivity contribution in [3.8, 4) is 11.4 Å². The third-order valence-corrected chi connectivity index (χ3v) is 7.06. The molecular weight excluding hydrogens is 572 g/mol. The molecule has 0 aliphatic carbocycles. The van der Waals surface area contributed by atoms with Gasteiger partial charge in [-0.25, -0.2) is 27.5 Å². The molecule has 0 spiro atoms. The van der Waals surface area contributed by atoms with Crippen LogP contribution in [0.1, 0.15) is 55.0 Å². The van der Waals surface area contributed by atoms with Gasteiger partial charge in [-0.3, -0.25) is 4.79 Å². The molecule has 220 valence electrons. The molecule has 1 aromatic heterocycles. The highest BCUT2D eigenvalue weighted by atomic mass is 35.5. The summed E-state index contributed by atoms with van der Waals surface area (Å²) in [5.74, 6) is -7.49. The van der Waals surface area contributed by atoms with Gasteiger partial charge in [0.2, 0.25) is 0 Å². The molecule has 0 saturated carbocycles. The molecule has 4 aromatic rings. The van der Waals surface area contributed by atoms with Crippen molar-refractivity contribution >= 4 is 17.6 Å². The molecule has 0 saturated heterocycles. The fraction of sp³-hybridized carbons (Fsp3) is 0.281. The van der Waals surface area contributed by atoms with Crippen LogP contribution in [0.5, 0.6) is 0 Å². The molecule has 0 amide bonds. The maximum atomic E-state index is 14.7. The number of benzene rings is 3. The zero-order chi connectivity index (χ0) is 30.6. The molecule has 2 atom stereocenters. The topological polar surface area (TPSA) is 61.3 Å². The number of rotatable bonds is 9. The van der Waals surface area contributed by atoms with E-state index in [0.29, 0.717) is 34.1 Å². The van der Waals surface area contributed by atoms with E-state index in [0.717, 1.165) is 5.56 Å². The van der Waals surface area contributed by atoms with Crippen molar-refractivity contribution in [1.29, 1.82) is 0 Å². The summed E-state index contributed by atoms with van der Waals surface area (Å²) in [4.78, 5) is 22.6. The molecule has 0 fully saturated rings. The standard InChI is InChI=1S/C32H29ClF4N2O3/c1-32(2,3)27(20-15-38-30(39-16-20)21-7-5-6-8-23(21)33)31(40)42-26(19-11-9-18(10-12-19)17-41-4)13-22-28(36)24(34)14-25(35)29(22)37/h5-12,14-16,26-27H,13,17H2,1-4H3. The van der Waals surface area contributed by atoms with Crippen molar-refractivity contribution in [3.05, 3.63) is 118 Å². The van der Waals surface area contributed by atoms with Gasteiger partial charge in [0.05, 0.1) is 17.5 Å². The second kappa shape index (κ2) is 13.0. The number of halogens is 5. The summed E-state index contributed by atoms with van der Waals surface area (Å²) < 4.78 is 68.4. The van der Waals surface area contributed by atoms with Gasteiger partial charge in [0.25, 0.3) is 0 Å². The number of carbonyl (C=O) groups excluding carboxylic acids is 1. The van der Waals surface area contributed by atoms with Crippen molar-refractivity contribution in [2.75, 3.05) is 7.11 Å². The molecule has 2 unspecified atom stereocenters. The van der Waals surface area contributed by atoms with Gasteiger partial charge < -0.3 is 9.47 Å². The lowest BCUT2D eigenvalue weighted by Crippen LogP contribution is -2.30. The number of methoxy groups -OCH3 is 1. The van der Waals surface area contributed by atoms with Gasteiger partial charge in [0.1, 0.15) is 6.10 Å². The Kier molecular flexibility index (Phi) is 9.64. The van der Waals surface area contributed by atoms with Crippen molar-refractivity contribution in [2.45, 2.75) is 45.8 Å². The molecule has 0 N–H and O–H groups in total. The smallest absolute Gasteiger partial charge is 0.314 e. The van der Waals surface area contributed by atoms with Crippen LogP contribution in [0.15, 0.2) is 67.0 Å². The summed E-state index contributed by atoms with van der Waals surface area (Å²) >= 11 is 6.27. The van der Waals surface area contributed by atoms with Crippen molar-refractivity contribution in [2.24, 2.45) is 5.41 Å². The fourth-order valence-corrected chi connectivity index (χ4v) is 4.90. The number of hydrogen-bond donors (Lipinski definition) is 0. The van der Waals surface area contributed by atoms with Gasteiger partial charge in [-0.05, 0) is 28.7 Å². The van der Waals surface area contributed by atoms with E-state index < -0.39 is 58.7 Å². The third kappa shape index (κ3) is 6.97. The van der Waals surface area contributed by atoms with E-state index in [1.54, 1.807) is 48.5 Å². The summed E-state index contributed by atoms with van der Waals surface area (Å²) in [6, 6.07) is 13.8. The van der Waals surface area contributed by atoms with Gasteiger partial charge in [-0.15, -0.1) is 0 Å². The first-order valence-electron chi connectivity index (χ1n) is 13.1. The van der Waals surface area contributed by atoms with E-state index in [2.05, 4.69) is 9.97 Å². The number of aromatic nitrogens is 2. The number of esters is 1. The minimum Gasteiger partial charge on any atom is -0.457 e. The quantitative estimate of drug-likeness (QED) is 0.110. The lowest BCUT2D eigenvalue weighted by molar-refractivity contribution is -0.154. The lowest BCUT2D eigenvalue weighted by atomic mass is 9.77. The van der Waals surface area contributed by atoms with Gasteiger partial charge in [-0.1, -0.05) is 68.8 Å². The first kappa shape index (κ1) is 31.1. The summed E-state index contributed by atoms with van der Waals surface area (Å²) in [7, 11) is 1.53. The molecule has 0 bridgehead atoms. The normalized spacial score (nSPS) is 13.1. The summed E-state index contributed by atoms with van der Waals surface area (Å²) in [5.41, 5.74) is 0.635. The predicted molar refractivity (Wildman–Crippen MR) is 151 cm³/mol. The Balaban J connectivity index is 1.70. The highest BCUT2D eigenvalue weighted by molar-refractivity contribution is 6.33. The zero-order valence-corrected chi connectivity index (χ0v) is 24.2. The van der Waals surface area contributed by atoms with E-state index in [-0.39, 0.29) is 6.07 Å². The second-order valence-electron chi connectivity index (χ2n) is 10.9. The molecule has 1 heterocycles. The monoisotopic (exact) mass is 600 g/mol. The Hall–Kier alpha value is -3.82. The fourth-order valence-electron chi connectivity index (χ4n) is 4.68. The van der Waals surface area contributed by atoms with Gasteiger partial charge in [-0.2, -0.15) is 0 Å². The van der Waals surface area contributed by atoms with Gasteiger partial charge in [0.15, 0.2) is 29.1 Å². The van der Waals surface area contributed by atoms with Crippen LogP contribution in [0.25, 0.3) is 11.4 Å². The molecule has 5 nitrogen and oxygen atoms in total. The van der Waals surface area contributed by atoms with Gasteiger partial charge in [0, 0.05) is 48.7 Å². The Morgan fingerprint density at radius 2 is 1.50 bits per heavy atom. The average Bonchev–Trinajstić information content (AvgIpc) is 2.94. The van der Waals surface area contributed by atoms with E-state index in [1.165, 1.54) is 19.5 Å². The summed E-state index contributed by atoms with van der Waals surface area (Å²) in [5, 5.41) is 0.463. The summed E-state index contributed by atoms with van der Waals surface area (Å²) in [6.45, 7) is 5.75. The maximum Gasteiger partial charge on any atom is 0.314 e. The number of hydrogen-bond acceptors (Lipinski definition) is 5. The lowest BCUT2D eigenvalue weighted by Gasteiger charge is -2.31. The first-order valence-corrected chi connectivity index (χ1v) is 13.5. The van der Waals surface area contributed by atoms with Crippen LogP contribution in [0, 0.1) is 28.7 Å². The van der Waals surface area contributed by atoms with E-state index in [4.69, 9.17) is 21.1 Å². The Morgan fingerprint density at radius 3 is 2.05 bits per heavy atom. The minimum absolute atomic E-state index is 0.136. The van der Waals surface area contributed by atoms with E-state index in [1.807, 2.05) is 20.8 Å². The van der Waals surface area contributed by atoms with Crippen LogP contribution in [0.4, 0.5) is 17.6 Å². The second-order valence-corrected chi connectivity index (χ2v) is 11.3. The average molecular weight is 601 g/mol. The van der Waals surface area contributed by atoms with E-state index >= 15 is 0 Å². The predicted octanol–water partition coefficient (Wildman–Crippen LogP) is 8.16. The van der Waals surface area contributed by atoms with Gasteiger partial charge >= 0.3 is 5.97 Å². The minimum atomic E-state index is -1.55. The highest BCUT2D eigenvalue weighted by Gasteiger charge is 2.37. The van der Waals surface area contributed by atoms with Crippen LogP contribution in [0.3, 0.4) is 0 Å². The number of ether oxygens (including phenoxy) is 2. The van der Waals surface area contributed by atoms with Crippen LogP contribution in [0.2, 0.25) is 5.02 Å². The van der Waals surface area contributed by atoms with Crippen LogP contribution in [-0.4, -0.2) is 23.0 Å². The van der Waals surface area contributed by atoms with E-state index in [9.17, 15) is 22.4 Å². The Bertz CT molecular complexity index is 1530. The molecule has 42 heavy (non-hydrogen) atoms. The molecule has 0 aliphatic rings. The summed E-state index contributed by atoms with van der Waals surface area (Å²) in [6.07, 6.45) is 1.06. The van der Waals surface area contributed by atoms with Crippen molar-refractivity contribution < 1.29 is 31.8 Å². The Labute approximate surface area is 246 Å². The zero-order valence-electron chi connectivity index (χ0n) is 23.4. The van der Waals surface area contributed by atoms with Crippen molar-refractivity contribution in [1.82, 2.24) is 9.97 Å². The molecular formula is C32H29ClF4N2O3. The van der Waals surface area contributed by atoms with Crippen molar-refractivity contribution in [3.63, 3.8) is 0 Å². The number of nitrogens with zero attached hydrogens (tertiary/aromatic N) is 2. The number of carbonyl (C=O) groups is 1. The van der Waals surface area contributed by atoms with Crippen LogP contribution >= 0.6 is 11.6 Å².